The maximum absolute atomic E-state index is 14.4. The Morgan fingerprint density at radius 1 is 0.729 bits per heavy atom. The van der Waals surface area contributed by atoms with E-state index in [-0.39, 0.29) is 94.4 Å². The van der Waals surface area contributed by atoms with Crippen LogP contribution in [0.25, 0.3) is 10.9 Å². The van der Waals surface area contributed by atoms with E-state index < -0.39 is 127 Å². The van der Waals surface area contributed by atoms with Gasteiger partial charge in [-0.3, -0.25) is 57.7 Å². The van der Waals surface area contributed by atoms with Crippen molar-refractivity contribution in [3.63, 3.8) is 0 Å². The highest BCUT2D eigenvalue weighted by atomic mass is 16.3. The van der Waals surface area contributed by atoms with Crippen LogP contribution >= 0.6 is 0 Å². The van der Waals surface area contributed by atoms with E-state index in [1.165, 1.54) is 41.7 Å². The summed E-state index contributed by atoms with van der Waals surface area (Å²) in [6.45, 7) is 1.62. The second-order valence-corrected chi connectivity index (χ2v) is 21.2. The number of phenolic OH excluding ortho intramolecular Hbond substituents is 1. The van der Waals surface area contributed by atoms with Crippen molar-refractivity contribution in [3.8, 4) is 5.75 Å². The lowest BCUT2D eigenvalue weighted by atomic mass is 10.0. The van der Waals surface area contributed by atoms with Gasteiger partial charge in [-0.05, 0) is 73.8 Å². The molecule has 19 N–H and O–H groups in total. The van der Waals surface area contributed by atoms with Crippen LogP contribution in [-0.2, 0) is 72.0 Å². The van der Waals surface area contributed by atoms with Gasteiger partial charge in [-0.2, -0.15) is 0 Å². The summed E-state index contributed by atoms with van der Waals surface area (Å²) in [7, 11) is 0. The third kappa shape index (κ3) is 19.5. The Labute approximate surface area is 488 Å². The SMILES string of the molecule is CC(C)C[C@H](NC(=O)CNC(=O)[C@H](Cc1ccc(O)cc1)NC(=O)[C@H](CO)NC(=O)[C@H](Cc1c[nH]c2ccccc12)NC(=O)[C@@H](Cc1cnc[nH]1)NC(=O)[C@@H]1CCC(=O)N1)C(=O)N[C@@H](CCCN=C(N)N)C(=O)N1CCC[C@H]1C(=O)NCC(N)=O. The number of nitrogens with zero attached hydrogens (tertiary/aromatic N) is 3. The molecule has 6 rings (SSSR count). The lowest BCUT2D eigenvalue weighted by molar-refractivity contribution is -0.142. The third-order valence-electron chi connectivity index (χ3n) is 14.1. The Kier molecular flexibility index (Phi) is 23.7. The number of aromatic hydroxyl groups is 1. The molecule has 0 spiro atoms. The molecular formula is C55H75N17O13. The molecule has 0 aliphatic carbocycles. The van der Waals surface area contributed by atoms with Crippen LogP contribution in [0.4, 0.5) is 0 Å². The van der Waals surface area contributed by atoms with Gasteiger partial charge in [0, 0.05) is 67.8 Å². The lowest BCUT2D eigenvalue weighted by Crippen LogP contribution is -2.60. The number of carbonyl (C=O) groups is 11. The molecule has 11 amide bonds. The molecule has 30 heteroatoms. The van der Waals surface area contributed by atoms with Crippen molar-refractivity contribution in [3.05, 3.63) is 84.1 Å². The molecule has 85 heavy (non-hydrogen) atoms. The number of guanidine groups is 1. The van der Waals surface area contributed by atoms with Gasteiger partial charge >= 0.3 is 0 Å². The van der Waals surface area contributed by atoms with E-state index in [9.17, 15) is 63.0 Å². The first-order chi connectivity index (χ1) is 40.6. The van der Waals surface area contributed by atoms with Crippen molar-refractivity contribution in [2.75, 3.05) is 32.8 Å². The minimum atomic E-state index is -1.76. The summed E-state index contributed by atoms with van der Waals surface area (Å²) in [4.78, 5) is 164. The highest BCUT2D eigenvalue weighted by Gasteiger charge is 2.39. The number of nitrogens with one attached hydrogen (secondary N) is 11. The monoisotopic (exact) mass is 1180 g/mol. The number of H-pyrrole nitrogens is 2. The molecule has 2 fully saturated rings. The molecule has 4 aromatic rings. The minimum absolute atomic E-state index is 0.0156. The second-order valence-electron chi connectivity index (χ2n) is 21.2. The van der Waals surface area contributed by atoms with Gasteiger partial charge in [-0.25, -0.2) is 4.98 Å². The second kappa shape index (κ2) is 31.2. The summed E-state index contributed by atoms with van der Waals surface area (Å²) in [5.74, 6) is -8.86. The van der Waals surface area contributed by atoms with Crippen LogP contribution < -0.4 is 65.1 Å². The average Bonchev–Trinajstić information content (AvgIpc) is 4.32. The van der Waals surface area contributed by atoms with E-state index >= 15 is 0 Å². The molecule has 2 aliphatic heterocycles. The number of rotatable bonds is 31. The molecule has 0 saturated carbocycles. The van der Waals surface area contributed by atoms with E-state index in [0.717, 1.165) is 0 Å². The number of aliphatic hydroxyl groups is 1. The zero-order valence-corrected chi connectivity index (χ0v) is 47.1. The predicted molar refractivity (Wildman–Crippen MR) is 305 cm³/mol. The summed E-state index contributed by atoms with van der Waals surface area (Å²) >= 11 is 0. The van der Waals surface area contributed by atoms with Crippen LogP contribution in [0.5, 0.6) is 5.75 Å². The van der Waals surface area contributed by atoms with Crippen molar-refractivity contribution in [1.82, 2.24) is 67.7 Å². The molecule has 0 bridgehead atoms. The smallest absolute Gasteiger partial charge is 0.245 e. The number of nitrogens with two attached hydrogens (primary N) is 3. The largest absolute Gasteiger partial charge is 0.508 e. The first-order valence-electron chi connectivity index (χ1n) is 27.8. The summed E-state index contributed by atoms with van der Waals surface area (Å²) in [5, 5.41) is 44.5. The van der Waals surface area contributed by atoms with Gasteiger partial charge in [0.25, 0.3) is 0 Å². The number of hydrogen-bond acceptors (Lipinski definition) is 15. The van der Waals surface area contributed by atoms with Crippen molar-refractivity contribution in [2.45, 2.75) is 126 Å². The number of likely N-dealkylation sites (tertiary alicyclic amines) is 1. The van der Waals surface area contributed by atoms with Crippen molar-refractivity contribution < 1.29 is 63.0 Å². The van der Waals surface area contributed by atoms with E-state index in [2.05, 4.69) is 67.8 Å². The van der Waals surface area contributed by atoms with Gasteiger partial charge in [0.2, 0.25) is 65.0 Å². The topological polar surface area (TPSA) is 475 Å². The Bertz CT molecular complexity index is 3060. The number of amides is 11. The fourth-order valence-electron chi connectivity index (χ4n) is 9.79. The first-order valence-corrected chi connectivity index (χ1v) is 27.8. The summed E-state index contributed by atoms with van der Waals surface area (Å²) in [6, 6.07) is 2.37. The molecule has 2 saturated heterocycles. The first kappa shape index (κ1) is 64.6. The van der Waals surface area contributed by atoms with Crippen molar-refractivity contribution >= 4 is 81.8 Å². The van der Waals surface area contributed by atoms with E-state index in [1.54, 1.807) is 44.3 Å². The lowest BCUT2D eigenvalue weighted by Gasteiger charge is -2.30. The number of primary amides is 1. The Morgan fingerprint density at radius 3 is 2.04 bits per heavy atom. The summed E-state index contributed by atoms with van der Waals surface area (Å²) in [5.41, 5.74) is 18.3. The standard InChI is InChI=1S/C55H75N17O13/c1-29(2)19-38(49(80)67-37(9-5-17-60-55(57)58)54(85)72-18-6-10-43(72)53(84)62-25-44(56)75)66-46(77)26-63-47(78)39(20-30-11-13-33(74)14-12-30)68-52(83)42(27-73)71-50(81)40(21-31-23-61-35-8-4-3-7-34(31)35)69-51(82)41(22-32-24-59-28-64-32)70-48(79)36-15-16-45(76)65-36/h3-4,7-8,11-14,23-24,28-29,36-43,61,73-74H,5-6,9-10,15-22,25-27H2,1-2H3,(H2,56,75)(H,59,64)(H,62,84)(H,63,78)(H,65,76)(H,66,77)(H,67,80)(H,68,83)(H,69,82)(H,70,79)(H,71,81)(H4,57,58,60)/t36-,37-,38-,39-,40-,41+,42-,43-/m0/s1. The minimum Gasteiger partial charge on any atom is -0.508 e. The highest BCUT2D eigenvalue weighted by molar-refractivity contribution is 5.99. The van der Waals surface area contributed by atoms with Crippen molar-refractivity contribution in [1.29, 1.82) is 0 Å². The molecule has 0 radical (unpaired) electrons. The highest BCUT2D eigenvalue weighted by Crippen LogP contribution is 2.22. The van der Waals surface area contributed by atoms with Gasteiger partial charge in [-0.1, -0.05) is 44.2 Å². The molecule has 30 nitrogen and oxygen atoms in total. The quantitative estimate of drug-likeness (QED) is 0.0129. The number of phenols is 1. The van der Waals surface area contributed by atoms with Gasteiger partial charge in [-0.15, -0.1) is 0 Å². The molecular weight excluding hydrogens is 1110 g/mol. The maximum Gasteiger partial charge on any atom is 0.245 e. The number of aromatic nitrogens is 3. The molecule has 8 atom stereocenters. The van der Waals surface area contributed by atoms with Crippen LogP contribution in [0.15, 0.2) is 72.2 Å². The number of aliphatic imine (C=N–C) groups is 1. The number of fused-ring (bicyclic) bond motifs is 1. The maximum atomic E-state index is 14.4. The van der Waals surface area contributed by atoms with Gasteiger partial charge in [0.15, 0.2) is 5.96 Å². The number of aromatic amines is 2. The number of para-hydroxylation sites is 1. The normalized spacial score (nSPS) is 16.8. The number of imidazole rings is 1. The number of hydrogen-bond donors (Lipinski definition) is 16. The molecule has 2 aromatic carbocycles. The van der Waals surface area contributed by atoms with Gasteiger partial charge in [0.1, 0.15) is 54.1 Å². The Balaban J connectivity index is 1.16. The number of carbonyl (C=O) groups excluding carboxylic acids is 11. The number of aliphatic hydroxyl groups excluding tert-OH is 1. The van der Waals surface area contributed by atoms with Crippen LogP contribution in [0, 0.1) is 5.92 Å². The fourth-order valence-corrected chi connectivity index (χ4v) is 9.79. The molecule has 2 aromatic heterocycles. The van der Waals surface area contributed by atoms with Crippen LogP contribution in [0.3, 0.4) is 0 Å². The zero-order valence-electron chi connectivity index (χ0n) is 47.1. The van der Waals surface area contributed by atoms with Gasteiger partial charge in [0.05, 0.1) is 26.0 Å². The van der Waals surface area contributed by atoms with E-state index in [0.29, 0.717) is 34.1 Å². The zero-order chi connectivity index (χ0) is 61.7. The van der Waals surface area contributed by atoms with E-state index in [1.807, 2.05) is 0 Å². The van der Waals surface area contributed by atoms with Crippen LogP contribution in [0.1, 0.15) is 75.6 Å². The molecule has 2 aliphatic rings. The Hall–Kier alpha value is -9.61. The molecule has 4 heterocycles. The van der Waals surface area contributed by atoms with Crippen LogP contribution in [0.2, 0.25) is 0 Å². The predicted octanol–water partition coefficient (Wildman–Crippen LogP) is -4.39. The number of benzene rings is 2. The van der Waals surface area contributed by atoms with Gasteiger partial charge < -0.3 is 90.1 Å². The fraction of sp³-hybridized carbons (Fsp3) is 0.473. The summed E-state index contributed by atoms with van der Waals surface area (Å²) in [6.07, 6.45) is 5.24. The van der Waals surface area contributed by atoms with Crippen LogP contribution in [-0.4, -0.2) is 182 Å². The van der Waals surface area contributed by atoms with Crippen molar-refractivity contribution in [2.24, 2.45) is 28.1 Å². The Morgan fingerprint density at radius 2 is 1.39 bits per heavy atom. The summed E-state index contributed by atoms with van der Waals surface area (Å²) < 4.78 is 0. The molecule has 0 unspecified atom stereocenters. The third-order valence-corrected chi connectivity index (χ3v) is 14.1. The molecule has 458 valence electrons. The van der Waals surface area contributed by atoms with E-state index in [4.69, 9.17) is 17.2 Å². The average molecular weight is 1180 g/mol.